The Balaban J connectivity index is 1.64. The molecule has 0 spiro atoms. The third kappa shape index (κ3) is 2.08. The molecule has 0 saturated heterocycles. The lowest BCUT2D eigenvalue weighted by atomic mass is 9.88. The van der Waals surface area contributed by atoms with Crippen molar-refractivity contribution in [3.8, 4) is 11.4 Å². The largest absolute Gasteiger partial charge is 0.339 e. The summed E-state index contributed by atoms with van der Waals surface area (Å²) in [6.07, 6.45) is 4.83. The number of nitrogens with zero attached hydrogens (tertiary/aromatic N) is 4. The van der Waals surface area contributed by atoms with Crippen molar-refractivity contribution in [3.63, 3.8) is 0 Å². The molecule has 0 saturated carbocycles. The van der Waals surface area contributed by atoms with Crippen molar-refractivity contribution in [3.05, 3.63) is 33.9 Å². The maximum atomic E-state index is 5.51. The molecule has 7 heteroatoms. The molecule has 21 heavy (non-hydrogen) atoms. The Bertz CT molecular complexity index is 767. The normalized spacial score (nSPS) is 17.9. The van der Waals surface area contributed by atoms with Crippen LogP contribution >= 0.6 is 11.5 Å². The zero-order valence-corrected chi connectivity index (χ0v) is 12.7. The van der Waals surface area contributed by atoms with Crippen molar-refractivity contribution in [2.75, 3.05) is 0 Å². The highest BCUT2D eigenvalue weighted by molar-refractivity contribution is 7.06. The van der Waals surface area contributed by atoms with E-state index in [0.717, 1.165) is 41.3 Å². The van der Waals surface area contributed by atoms with Gasteiger partial charge in [-0.3, -0.25) is 5.10 Å². The summed E-state index contributed by atoms with van der Waals surface area (Å²) in [6, 6.07) is 0. The van der Waals surface area contributed by atoms with Crippen molar-refractivity contribution in [1.29, 1.82) is 0 Å². The number of aromatic nitrogens is 5. The van der Waals surface area contributed by atoms with E-state index in [1.807, 2.05) is 20.0 Å². The van der Waals surface area contributed by atoms with Crippen LogP contribution in [0, 0.1) is 13.8 Å². The molecule has 0 aliphatic heterocycles. The van der Waals surface area contributed by atoms with Gasteiger partial charge in [-0.05, 0) is 43.8 Å². The Labute approximate surface area is 125 Å². The Hall–Kier alpha value is -2.02. The number of aryl methyl sites for hydroxylation is 3. The molecule has 1 unspecified atom stereocenters. The minimum absolute atomic E-state index is 0.270. The molecule has 0 radical (unpaired) electrons. The first-order valence-corrected chi connectivity index (χ1v) is 7.77. The van der Waals surface area contributed by atoms with Gasteiger partial charge in [0.05, 0.1) is 17.5 Å². The van der Waals surface area contributed by atoms with Crippen LogP contribution in [0.1, 0.15) is 40.1 Å². The van der Waals surface area contributed by atoms with Gasteiger partial charge in [0.1, 0.15) is 0 Å². The SMILES string of the molecule is Cc1nsc(C)c1-c1noc(C2CCc3cn[nH]c3C2)n1. The number of aromatic amines is 1. The fourth-order valence-corrected chi connectivity index (χ4v) is 3.62. The number of rotatable bonds is 2. The first-order valence-electron chi connectivity index (χ1n) is 7.00. The average Bonchev–Trinajstić information content (AvgIpc) is 3.18. The summed E-state index contributed by atoms with van der Waals surface area (Å²) in [6.45, 7) is 4.01. The van der Waals surface area contributed by atoms with E-state index in [-0.39, 0.29) is 5.92 Å². The smallest absolute Gasteiger partial charge is 0.230 e. The van der Waals surface area contributed by atoms with Gasteiger partial charge in [0.25, 0.3) is 0 Å². The molecule has 0 bridgehead atoms. The van der Waals surface area contributed by atoms with Gasteiger partial charge in [0, 0.05) is 22.9 Å². The van der Waals surface area contributed by atoms with Gasteiger partial charge in [0.15, 0.2) is 0 Å². The number of hydrogen-bond acceptors (Lipinski definition) is 6. The molecular weight excluding hydrogens is 286 g/mol. The second-order valence-corrected chi connectivity index (χ2v) is 6.45. The van der Waals surface area contributed by atoms with E-state index in [0.29, 0.717) is 5.82 Å². The number of H-pyrrole nitrogens is 1. The predicted octanol–water partition coefficient (Wildman–Crippen LogP) is 2.81. The Morgan fingerprint density at radius 1 is 1.38 bits per heavy atom. The lowest BCUT2D eigenvalue weighted by Crippen LogP contribution is -2.12. The lowest BCUT2D eigenvalue weighted by Gasteiger charge is -2.17. The van der Waals surface area contributed by atoms with Gasteiger partial charge >= 0.3 is 0 Å². The Morgan fingerprint density at radius 2 is 2.29 bits per heavy atom. The van der Waals surface area contributed by atoms with Crippen molar-refractivity contribution in [2.24, 2.45) is 0 Å². The van der Waals surface area contributed by atoms with Crippen molar-refractivity contribution in [2.45, 2.75) is 39.0 Å². The van der Waals surface area contributed by atoms with Crippen LogP contribution in [0.25, 0.3) is 11.4 Å². The minimum Gasteiger partial charge on any atom is -0.339 e. The van der Waals surface area contributed by atoms with Gasteiger partial charge in [0.2, 0.25) is 11.7 Å². The van der Waals surface area contributed by atoms with Crippen LogP contribution < -0.4 is 0 Å². The summed E-state index contributed by atoms with van der Waals surface area (Å²) in [7, 11) is 0. The summed E-state index contributed by atoms with van der Waals surface area (Å²) >= 11 is 1.48. The maximum Gasteiger partial charge on any atom is 0.230 e. The van der Waals surface area contributed by atoms with E-state index in [2.05, 4.69) is 24.7 Å². The molecule has 1 aliphatic carbocycles. The zero-order chi connectivity index (χ0) is 14.4. The van der Waals surface area contributed by atoms with Crippen molar-refractivity contribution < 1.29 is 4.52 Å². The number of hydrogen-bond donors (Lipinski definition) is 1. The Morgan fingerprint density at radius 3 is 3.10 bits per heavy atom. The highest BCUT2D eigenvalue weighted by atomic mass is 32.1. The quantitative estimate of drug-likeness (QED) is 0.787. The van der Waals surface area contributed by atoms with Gasteiger partial charge in [-0.15, -0.1) is 0 Å². The van der Waals surface area contributed by atoms with E-state index >= 15 is 0 Å². The summed E-state index contributed by atoms with van der Waals surface area (Å²) < 4.78 is 9.85. The first kappa shape index (κ1) is 12.7. The molecule has 0 amide bonds. The number of fused-ring (bicyclic) bond motifs is 1. The van der Waals surface area contributed by atoms with Crippen LogP contribution in [0.3, 0.4) is 0 Å². The van der Waals surface area contributed by atoms with Crippen molar-refractivity contribution in [1.82, 2.24) is 24.7 Å². The van der Waals surface area contributed by atoms with E-state index in [1.54, 1.807) is 0 Å². The van der Waals surface area contributed by atoms with Crippen LogP contribution in [-0.4, -0.2) is 24.7 Å². The van der Waals surface area contributed by atoms with E-state index in [4.69, 9.17) is 4.52 Å². The van der Waals surface area contributed by atoms with Crippen LogP contribution in [0.15, 0.2) is 10.7 Å². The molecule has 4 rings (SSSR count). The van der Waals surface area contributed by atoms with Crippen molar-refractivity contribution >= 4 is 11.5 Å². The van der Waals surface area contributed by atoms with E-state index in [9.17, 15) is 0 Å². The van der Waals surface area contributed by atoms with E-state index in [1.165, 1.54) is 22.8 Å². The molecule has 0 fully saturated rings. The van der Waals surface area contributed by atoms with Gasteiger partial charge < -0.3 is 4.52 Å². The lowest BCUT2D eigenvalue weighted by molar-refractivity contribution is 0.340. The molecule has 1 atom stereocenters. The minimum atomic E-state index is 0.270. The number of nitrogens with one attached hydrogen (secondary N) is 1. The monoisotopic (exact) mass is 301 g/mol. The second kappa shape index (κ2) is 4.77. The molecule has 3 heterocycles. The van der Waals surface area contributed by atoms with Crippen LogP contribution in [-0.2, 0) is 12.8 Å². The fourth-order valence-electron chi connectivity index (χ4n) is 2.92. The summed E-state index contributed by atoms with van der Waals surface area (Å²) in [4.78, 5) is 5.73. The molecular formula is C14H15N5OS. The van der Waals surface area contributed by atoms with Crippen LogP contribution in [0.4, 0.5) is 0 Å². The molecule has 3 aromatic rings. The third-order valence-corrected chi connectivity index (χ3v) is 4.91. The van der Waals surface area contributed by atoms with Gasteiger partial charge in [-0.25, -0.2) is 0 Å². The topological polar surface area (TPSA) is 80.5 Å². The average molecular weight is 301 g/mol. The van der Waals surface area contributed by atoms with Crippen LogP contribution in [0.5, 0.6) is 0 Å². The molecule has 0 aromatic carbocycles. The van der Waals surface area contributed by atoms with E-state index < -0.39 is 0 Å². The third-order valence-electron chi connectivity index (χ3n) is 4.07. The highest BCUT2D eigenvalue weighted by Crippen LogP contribution is 2.33. The molecule has 6 nitrogen and oxygen atoms in total. The molecule has 108 valence electrons. The standard InChI is InChI=1S/C14H15N5OS/c1-7-12(8(2)21-19-7)13-16-14(20-18-13)9-3-4-10-6-15-17-11(10)5-9/h6,9H,3-5H2,1-2H3,(H,15,17). The fraction of sp³-hybridized carbons (Fsp3) is 0.429. The summed E-state index contributed by atoms with van der Waals surface area (Å²) in [5, 5.41) is 11.3. The van der Waals surface area contributed by atoms with Gasteiger partial charge in [-0.1, -0.05) is 5.16 Å². The second-order valence-electron chi connectivity index (χ2n) is 5.47. The first-order chi connectivity index (χ1) is 10.2. The molecule has 3 aromatic heterocycles. The summed E-state index contributed by atoms with van der Waals surface area (Å²) in [5.41, 5.74) is 4.47. The Kier molecular flexibility index (Phi) is 2.88. The summed E-state index contributed by atoms with van der Waals surface area (Å²) in [5.74, 6) is 1.64. The predicted molar refractivity (Wildman–Crippen MR) is 78.2 cm³/mol. The molecule has 1 aliphatic rings. The highest BCUT2D eigenvalue weighted by Gasteiger charge is 2.27. The molecule has 1 N–H and O–H groups in total. The zero-order valence-electron chi connectivity index (χ0n) is 11.9. The van der Waals surface area contributed by atoms with Gasteiger partial charge in [-0.2, -0.15) is 14.5 Å². The van der Waals surface area contributed by atoms with Crippen LogP contribution in [0.2, 0.25) is 0 Å². The maximum absolute atomic E-state index is 5.51.